The van der Waals surface area contributed by atoms with E-state index in [1.165, 1.54) is 11.1 Å². The molecule has 0 radical (unpaired) electrons. The van der Waals surface area contributed by atoms with Gasteiger partial charge in [-0.25, -0.2) is 0 Å². The summed E-state index contributed by atoms with van der Waals surface area (Å²) in [6, 6.07) is 11.8. The number of hydrogen-bond donors (Lipinski definition) is 2. The minimum atomic E-state index is 0.636. The molecule has 0 unspecified atom stereocenters. The highest BCUT2D eigenvalue weighted by atomic mass is 35.5. The zero-order valence-electron chi connectivity index (χ0n) is 14.5. The van der Waals surface area contributed by atoms with E-state index >= 15 is 0 Å². The lowest BCUT2D eigenvalue weighted by Crippen LogP contribution is -2.23. The zero-order chi connectivity index (χ0) is 18.1. The normalized spacial score (nSPS) is 13.4. The number of ether oxygens (including phenoxy) is 1. The first-order valence-electron chi connectivity index (χ1n) is 8.70. The summed E-state index contributed by atoms with van der Waals surface area (Å²) in [5.74, 6) is 0.956. The van der Waals surface area contributed by atoms with Gasteiger partial charge in [0.15, 0.2) is 0 Å². The van der Waals surface area contributed by atoms with Gasteiger partial charge in [-0.05, 0) is 55.3 Å². The Hall–Kier alpha value is -1.94. The Morgan fingerprint density at radius 3 is 2.81 bits per heavy atom. The van der Waals surface area contributed by atoms with E-state index in [2.05, 4.69) is 29.4 Å². The van der Waals surface area contributed by atoms with Gasteiger partial charge in [-0.15, -0.1) is 0 Å². The molecule has 2 aromatic carbocycles. The highest BCUT2D eigenvalue weighted by Crippen LogP contribution is 2.34. The Balaban J connectivity index is 1.42. The topological polar surface area (TPSA) is 37.0 Å². The lowest BCUT2D eigenvalue weighted by Gasteiger charge is -2.18. The monoisotopic (exact) mass is 386 g/mol. The van der Waals surface area contributed by atoms with Crippen LogP contribution in [0, 0.1) is 6.92 Å². The van der Waals surface area contributed by atoms with Crippen LogP contribution in [0.4, 0.5) is 0 Å². The maximum Gasteiger partial charge on any atom is 0.127 e. The summed E-state index contributed by atoms with van der Waals surface area (Å²) in [7, 11) is 0. The molecule has 0 fully saturated rings. The third-order valence-corrected chi connectivity index (χ3v) is 5.40. The Labute approximate surface area is 163 Å². The van der Waals surface area contributed by atoms with E-state index in [1.807, 2.05) is 30.3 Å². The first-order chi connectivity index (χ1) is 12.6. The first-order valence-corrected chi connectivity index (χ1v) is 9.46. The molecule has 0 aliphatic carbocycles. The Morgan fingerprint density at radius 2 is 1.92 bits per heavy atom. The lowest BCUT2D eigenvalue weighted by molar-refractivity contribution is 0.343. The fourth-order valence-corrected chi connectivity index (χ4v) is 3.94. The van der Waals surface area contributed by atoms with Gasteiger partial charge < -0.3 is 15.0 Å². The molecule has 1 aliphatic rings. The van der Waals surface area contributed by atoms with Crippen LogP contribution >= 0.6 is 23.2 Å². The smallest absolute Gasteiger partial charge is 0.127 e. The number of aromatic amines is 1. The van der Waals surface area contributed by atoms with Crippen molar-refractivity contribution in [1.29, 1.82) is 0 Å². The maximum absolute atomic E-state index is 6.41. The lowest BCUT2D eigenvalue weighted by atomic mass is 10.1. The Bertz CT molecular complexity index is 991. The van der Waals surface area contributed by atoms with Crippen LogP contribution in [0.15, 0.2) is 42.0 Å². The number of benzene rings is 2. The van der Waals surface area contributed by atoms with E-state index < -0.39 is 0 Å². The van der Waals surface area contributed by atoms with Crippen molar-refractivity contribution < 1.29 is 4.74 Å². The number of fused-ring (bicyclic) bond motifs is 2. The molecule has 0 saturated heterocycles. The largest absolute Gasteiger partial charge is 0.489 e. The van der Waals surface area contributed by atoms with Gasteiger partial charge in [-0.1, -0.05) is 41.4 Å². The van der Waals surface area contributed by atoms with E-state index in [-0.39, 0.29) is 0 Å². The highest BCUT2D eigenvalue weighted by Gasteiger charge is 2.14. The predicted molar refractivity (Wildman–Crippen MR) is 110 cm³/mol. The molecule has 0 bridgehead atoms. The molecule has 0 saturated carbocycles. The van der Waals surface area contributed by atoms with Crippen LogP contribution in [0.3, 0.4) is 0 Å². The quantitative estimate of drug-likeness (QED) is 0.576. The molecule has 4 rings (SSSR count). The molecule has 1 aliphatic heterocycles. The summed E-state index contributed by atoms with van der Waals surface area (Å²) in [6.07, 6.45) is 3.09. The van der Waals surface area contributed by atoms with Crippen LogP contribution in [-0.4, -0.2) is 24.7 Å². The number of nitrogens with one attached hydrogen (secondary N) is 2. The maximum atomic E-state index is 6.41. The highest BCUT2D eigenvalue weighted by molar-refractivity contribution is 6.40. The van der Waals surface area contributed by atoms with Gasteiger partial charge in [0, 0.05) is 23.2 Å². The van der Waals surface area contributed by atoms with Crippen molar-refractivity contribution in [3.63, 3.8) is 0 Å². The summed E-state index contributed by atoms with van der Waals surface area (Å²) < 4.78 is 5.80. The minimum absolute atomic E-state index is 0.636. The number of hydrogen-bond acceptors (Lipinski definition) is 2. The molecular formula is C21H20Cl2N2O. The van der Waals surface area contributed by atoms with Crippen LogP contribution in [0.2, 0.25) is 10.0 Å². The first kappa shape index (κ1) is 17.5. The molecule has 0 spiro atoms. The fourth-order valence-electron chi connectivity index (χ4n) is 3.46. The van der Waals surface area contributed by atoms with Crippen molar-refractivity contribution in [3.8, 4) is 5.75 Å². The van der Waals surface area contributed by atoms with Gasteiger partial charge in [0.05, 0.1) is 15.6 Å². The van der Waals surface area contributed by atoms with Gasteiger partial charge >= 0.3 is 0 Å². The molecule has 134 valence electrons. The van der Waals surface area contributed by atoms with Crippen molar-refractivity contribution in [1.82, 2.24) is 10.3 Å². The van der Waals surface area contributed by atoms with Gasteiger partial charge in [0.2, 0.25) is 0 Å². The standard InChI is InChI=1S/C21H20Cl2N2O/c1-13-16(20-17(22)6-7-18(23)21(20)25-13)8-9-24-11-14-10-15-4-2-3-5-19(15)26-12-14/h2-7,10,24-25H,8-9,11-12H2,1H3. The Kier molecular flexibility index (Phi) is 4.94. The predicted octanol–water partition coefficient (Wildman–Crippen LogP) is 5.39. The molecule has 5 heteroatoms. The third kappa shape index (κ3) is 3.35. The summed E-state index contributed by atoms with van der Waals surface area (Å²) in [6.45, 7) is 4.37. The number of para-hydroxylation sites is 1. The zero-order valence-corrected chi connectivity index (χ0v) is 16.0. The van der Waals surface area contributed by atoms with Crippen molar-refractivity contribution in [2.45, 2.75) is 13.3 Å². The van der Waals surface area contributed by atoms with Crippen LogP contribution in [0.25, 0.3) is 17.0 Å². The summed E-state index contributed by atoms with van der Waals surface area (Å²) in [5, 5.41) is 5.99. The van der Waals surface area contributed by atoms with Crippen LogP contribution in [0.5, 0.6) is 5.75 Å². The second kappa shape index (κ2) is 7.36. The molecule has 0 amide bonds. The van der Waals surface area contributed by atoms with E-state index in [0.29, 0.717) is 11.6 Å². The third-order valence-electron chi connectivity index (χ3n) is 4.77. The molecule has 1 aromatic heterocycles. The molecule has 3 aromatic rings. The van der Waals surface area contributed by atoms with Crippen LogP contribution < -0.4 is 10.1 Å². The van der Waals surface area contributed by atoms with Crippen LogP contribution in [-0.2, 0) is 6.42 Å². The second-order valence-electron chi connectivity index (χ2n) is 6.56. The number of rotatable bonds is 5. The summed E-state index contributed by atoms with van der Waals surface area (Å²) in [5.41, 5.74) is 5.65. The number of aryl methyl sites for hydroxylation is 1. The summed E-state index contributed by atoms with van der Waals surface area (Å²) in [4.78, 5) is 3.36. The van der Waals surface area contributed by atoms with Gasteiger partial charge in [-0.2, -0.15) is 0 Å². The van der Waals surface area contributed by atoms with Crippen LogP contribution in [0.1, 0.15) is 16.8 Å². The molecule has 26 heavy (non-hydrogen) atoms. The van der Waals surface area contributed by atoms with E-state index in [4.69, 9.17) is 27.9 Å². The van der Waals surface area contributed by atoms with E-state index in [9.17, 15) is 0 Å². The summed E-state index contributed by atoms with van der Waals surface area (Å²) >= 11 is 12.7. The molecule has 2 N–H and O–H groups in total. The van der Waals surface area contributed by atoms with Crippen molar-refractivity contribution in [3.05, 3.63) is 68.8 Å². The molecular weight excluding hydrogens is 367 g/mol. The van der Waals surface area contributed by atoms with Gasteiger partial charge in [0.25, 0.3) is 0 Å². The number of H-pyrrole nitrogens is 1. The van der Waals surface area contributed by atoms with E-state index in [0.717, 1.165) is 52.4 Å². The van der Waals surface area contributed by atoms with Crippen molar-refractivity contribution in [2.24, 2.45) is 0 Å². The number of aromatic nitrogens is 1. The average Bonchev–Trinajstić information content (AvgIpc) is 2.99. The Morgan fingerprint density at radius 1 is 1.12 bits per heavy atom. The fraction of sp³-hybridized carbons (Fsp3) is 0.238. The van der Waals surface area contributed by atoms with Crippen molar-refractivity contribution in [2.75, 3.05) is 19.7 Å². The molecule has 3 nitrogen and oxygen atoms in total. The molecule has 0 atom stereocenters. The van der Waals surface area contributed by atoms with Gasteiger partial charge in [0.1, 0.15) is 12.4 Å². The van der Waals surface area contributed by atoms with E-state index in [1.54, 1.807) is 0 Å². The SMILES string of the molecule is Cc1[nH]c2c(Cl)ccc(Cl)c2c1CCNCC1=Cc2ccccc2OC1. The number of halogens is 2. The van der Waals surface area contributed by atoms with Crippen molar-refractivity contribution >= 4 is 40.2 Å². The minimum Gasteiger partial charge on any atom is -0.489 e. The second-order valence-corrected chi connectivity index (χ2v) is 7.38. The molecule has 2 heterocycles. The van der Waals surface area contributed by atoms with Gasteiger partial charge in [-0.3, -0.25) is 0 Å². The average molecular weight is 387 g/mol.